The van der Waals surface area contributed by atoms with Crippen LogP contribution in [0, 0.1) is 0 Å². The summed E-state index contributed by atoms with van der Waals surface area (Å²) in [4.78, 5) is 20.7. The molecule has 0 aliphatic carbocycles. The molecule has 1 N–H and O–H groups in total. The Kier molecular flexibility index (Phi) is 4.41. The molecule has 122 valence electrons. The van der Waals surface area contributed by atoms with E-state index in [-0.39, 0.29) is 10.8 Å². The van der Waals surface area contributed by atoms with Gasteiger partial charge in [-0.1, -0.05) is 0 Å². The molecule has 2 heterocycles. The number of anilines is 1. The molecule has 0 unspecified atom stereocenters. The molecule has 3 aromatic rings. The first kappa shape index (κ1) is 16.3. The second-order valence-corrected chi connectivity index (χ2v) is 7.90. The predicted molar refractivity (Wildman–Crippen MR) is 92.9 cm³/mol. The van der Waals surface area contributed by atoms with Crippen LogP contribution in [0.2, 0.25) is 0 Å². The van der Waals surface area contributed by atoms with Gasteiger partial charge >= 0.3 is 0 Å². The Bertz CT molecular complexity index is 965. The highest BCUT2D eigenvalue weighted by atomic mass is 32.2. The summed E-state index contributed by atoms with van der Waals surface area (Å²) in [6.07, 6.45) is 4.48. The predicted octanol–water partition coefficient (Wildman–Crippen LogP) is 2.86. The topological polar surface area (TPSA) is 89.0 Å². The van der Waals surface area contributed by atoms with Crippen LogP contribution >= 0.6 is 11.3 Å². The number of nitrogens with zero attached hydrogens (tertiary/aromatic N) is 2. The third-order valence-electron chi connectivity index (χ3n) is 3.25. The third kappa shape index (κ3) is 3.66. The first-order chi connectivity index (χ1) is 11.4. The number of pyridine rings is 1. The van der Waals surface area contributed by atoms with Crippen LogP contribution in [-0.4, -0.2) is 30.5 Å². The Hall–Kier alpha value is -2.58. The zero-order chi connectivity index (χ0) is 17.2. The average molecular weight is 359 g/mol. The van der Waals surface area contributed by atoms with Crippen molar-refractivity contribution in [1.82, 2.24) is 9.97 Å². The number of aromatic nitrogens is 2. The fraction of sp³-hybridized carbons (Fsp3) is 0.0625. The quantitative estimate of drug-likeness (QED) is 0.774. The number of carbonyl (C=O) groups excluding carboxylic acids is 1. The number of carbonyl (C=O) groups is 1. The smallest absolute Gasteiger partial charge is 0.257 e. The second kappa shape index (κ2) is 6.50. The molecule has 1 amide bonds. The van der Waals surface area contributed by atoms with Crippen molar-refractivity contribution in [2.45, 2.75) is 4.90 Å². The second-order valence-electron chi connectivity index (χ2n) is 5.02. The standard InChI is InChI=1S/C16H13N3O3S2/c1-24(21,22)13-4-2-12(3-5-13)15(20)19-16-18-14(10-23-16)11-6-8-17-9-7-11/h2-10H,1H3,(H,18,19,20). The Morgan fingerprint density at radius 2 is 1.75 bits per heavy atom. The third-order valence-corrected chi connectivity index (χ3v) is 5.13. The molecular weight excluding hydrogens is 346 g/mol. The molecule has 0 saturated heterocycles. The number of rotatable bonds is 4. The van der Waals surface area contributed by atoms with Gasteiger partial charge in [0.15, 0.2) is 15.0 Å². The Morgan fingerprint density at radius 3 is 2.38 bits per heavy atom. The lowest BCUT2D eigenvalue weighted by Gasteiger charge is -2.03. The zero-order valence-corrected chi connectivity index (χ0v) is 14.3. The maximum Gasteiger partial charge on any atom is 0.257 e. The van der Waals surface area contributed by atoms with E-state index >= 15 is 0 Å². The van der Waals surface area contributed by atoms with E-state index < -0.39 is 9.84 Å². The molecule has 0 atom stereocenters. The molecule has 8 heteroatoms. The van der Waals surface area contributed by atoms with Crippen LogP contribution in [0.4, 0.5) is 5.13 Å². The summed E-state index contributed by atoms with van der Waals surface area (Å²) in [5, 5.41) is 5.03. The first-order valence-corrected chi connectivity index (χ1v) is 9.68. The molecule has 3 rings (SSSR count). The van der Waals surface area contributed by atoms with E-state index in [1.807, 2.05) is 17.5 Å². The van der Waals surface area contributed by atoms with Crippen molar-refractivity contribution in [1.29, 1.82) is 0 Å². The minimum absolute atomic E-state index is 0.174. The monoisotopic (exact) mass is 359 g/mol. The normalized spacial score (nSPS) is 11.2. The van der Waals surface area contributed by atoms with Crippen molar-refractivity contribution in [2.75, 3.05) is 11.6 Å². The van der Waals surface area contributed by atoms with Crippen molar-refractivity contribution in [2.24, 2.45) is 0 Å². The van der Waals surface area contributed by atoms with Gasteiger partial charge in [0.2, 0.25) is 0 Å². The molecule has 0 aliphatic rings. The van der Waals surface area contributed by atoms with Gasteiger partial charge in [0, 0.05) is 35.2 Å². The van der Waals surface area contributed by atoms with E-state index in [0.717, 1.165) is 17.5 Å². The summed E-state index contributed by atoms with van der Waals surface area (Å²) in [5.41, 5.74) is 2.03. The number of benzene rings is 1. The minimum Gasteiger partial charge on any atom is -0.298 e. The summed E-state index contributed by atoms with van der Waals surface area (Å²) in [6, 6.07) is 9.45. The van der Waals surface area contributed by atoms with Crippen LogP contribution < -0.4 is 5.32 Å². The molecule has 0 aliphatic heterocycles. The van der Waals surface area contributed by atoms with Crippen LogP contribution in [0.15, 0.2) is 59.1 Å². The van der Waals surface area contributed by atoms with Gasteiger partial charge in [-0.3, -0.25) is 15.1 Å². The van der Waals surface area contributed by atoms with Gasteiger partial charge in [0.25, 0.3) is 5.91 Å². The van der Waals surface area contributed by atoms with E-state index in [9.17, 15) is 13.2 Å². The van der Waals surface area contributed by atoms with Crippen molar-refractivity contribution < 1.29 is 13.2 Å². The lowest BCUT2D eigenvalue weighted by molar-refractivity contribution is 0.102. The average Bonchev–Trinajstić information content (AvgIpc) is 3.03. The highest BCUT2D eigenvalue weighted by molar-refractivity contribution is 7.90. The number of nitrogens with one attached hydrogen (secondary N) is 1. The molecule has 0 bridgehead atoms. The summed E-state index contributed by atoms with van der Waals surface area (Å²) < 4.78 is 22.9. The molecule has 1 aromatic carbocycles. The molecule has 0 fully saturated rings. The lowest BCUT2D eigenvalue weighted by Crippen LogP contribution is -2.11. The van der Waals surface area contributed by atoms with Gasteiger partial charge in [0.05, 0.1) is 10.6 Å². The van der Waals surface area contributed by atoms with Gasteiger partial charge in [-0.05, 0) is 36.4 Å². The SMILES string of the molecule is CS(=O)(=O)c1ccc(C(=O)Nc2nc(-c3ccncc3)cs2)cc1. The number of hydrogen-bond acceptors (Lipinski definition) is 6. The molecule has 0 radical (unpaired) electrons. The van der Waals surface area contributed by atoms with E-state index in [4.69, 9.17) is 0 Å². The van der Waals surface area contributed by atoms with Crippen LogP contribution in [0.1, 0.15) is 10.4 Å². The molecular formula is C16H13N3O3S2. The van der Waals surface area contributed by atoms with Gasteiger partial charge in [-0.25, -0.2) is 13.4 Å². The van der Waals surface area contributed by atoms with Gasteiger partial charge in [-0.15, -0.1) is 11.3 Å². The molecule has 24 heavy (non-hydrogen) atoms. The van der Waals surface area contributed by atoms with Crippen molar-refractivity contribution >= 4 is 32.2 Å². The summed E-state index contributed by atoms with van der Waals surface area (Å²) in [7, 11) is -3.28. The molecule has 0 saturated carbocycles. The van der Waals surface area contributed by atoms with Gasteiger partial charge in [0.1, 0.15) is 0 Å². The number of hydrogen-bond donors (Lipinski definition) is 1. The fourth-order valence-electron chi connectivity index (χ4n) is 2.01. The van der Waals surface area contributed by atoms with Crippen LogP contribution in [-0.2, 0) is 9.84 Å². The Morgan fingerprint density at radius 1 is 1.08 bits per heavy atom. The van der Waals surface area contributed by atoms with Gasteiger partial charge < -0.3 is 0 Å². The maximum atomic E-state index is 12.2. The summed E-state index contributed by atoms with van der Waals surface area (Å²) >= 11 is 1.32. The largest absolute Gasteiger partial charge is 0.298 e. The number of thiazole rings is 1. The van der Waals surface area contributed by atoms with E-state index in [0.29, 0.717) is 10.7 Å². The van der Waals surface area contributed by atoms with E-state index in [2.05, 4.69) is 15.3 Å². The number of sulfone groups is 1. The Labute approximate surface area is 143 Å². The molecule has 6 nitrogen and oxygen atoms in total. The highest BCUT2D eigenvalue weighted by Crippen LogP contribution is 2.24. The van der Waals surface area contributed by atoms with Crippen LogP contribution in [0.25, 0.3) is 11.3 Å². The Balaban J connectivity index is 1.75. The summed E-state index contributed by atoms with van der Waals surface area (Å²) in [6.45, 7) is 0. The zero-order valence-electron chi connectivity index (χ0n) is 12.6. The van der Waals surface area contributed by atoms with E-state index in [1.54, 1.807) is 12.4 Å². The van der Waals surface area contributed by atoms with E-state index in [1.165, 1.54) is 35.6 Å². The maximum absolute atomic E-state index is 12.2. The summed E-state index contributed by atoms with van der Waals surface area (Å²) in [5.74, 6) is -0.342. The number of amides is 1. The lowest BCUT2D eigenvalue weighted by atomic mass is 10.2. The van der Waals surface area contributed by atoms with Gasteiger partial charge in [-0.2, -0.15) is 0 Å². The van der Waals surface area contributed by atoms with Crippen molar-refractivity contribution in [3.05, 3.63) is 59.7 Å². The highest BCUT2D eigenvalue weighted by Gasteiger charge is 2.12. The van der Waals surface area contributed by atoms with Crippen molar-refractivity contribution in [3.8, 4) is 11.3 Å². The first-order valence-electron chi connectivity index (χ1n) is 6.91. The minimum atomic E-state index is -3.28. The van der Waals surface area contributed by atoms with Crippen LogP contribution in [0.5, 0.6) is 0 Å². The molecule has 0 spiro atoms. The van der Waals surface area contributed by atoms with Crippen molar-refractivity contribution in [3.63, 3.8) is 0 Å². The fourth-order valence-corrected chi connectivity index (χ4v) is 3.35. The van der Waals surface area contributed by atoms with Crippen LogP contribution in [0.3, 0.4) is 0 Å². The molecule has 2 aromatic heterocycles.